The lowest BCUT2D eigenvalue weighted by Gasteiger charge is -2.22. The molecule has 1 atom stereocenters. The van der Waals surface area contributed by atoms with Crippen molar-refractivity contribution >= 4 is 0 Å². The van der Waals surface area contributed by atoms with E-state index < -0.39 is 0 Å². The van der Waals surface area contributed by atoms with Crippen molar-refractivity contribution in [2.24, 2.45) is 7.05 Å². The van der Waals surface area contributed by atoms with Crippen molar-refractivity contribution in [2.45, 2.75) is 25.7 Å². The van der Waals surface area contributed by atoms with Crippen LogP contribution in [0.4, 0.5) is 0 Å². The van der Waals surface area contributed by atoms with Gasteiger partial charge in [0.2, 0.25) is 0 Å². The second kappa shape index (κ2) is 5.13. The lowest BCUT2D eigenvalue weighted by atomic mass is 9.92. The molecule has 1 aliphatic rings. The van der Waals surface area contributed by atoms with Gasteiger partial charge in [-0.25, -0.2) is 0 Å². The van der Waals surface area contributed by atoms with Gasteiger partial charge in [0.1, 0.15) is 0 Å². The fourth-order valence-corrected chi connectivity index (χ4v) is 2.83. The Bertz CT molecular complexity index is 553. The summed E-state index contributed by atoms with van der Waals surface area (Å²) in [6.45, 7) is 4.27. The van der Waals surface area contributed by atoms with Gasteiger partial charge in [0, 0.05) is 37.0 Å². The van der Waals surface area contributed by atoms with Gasteiger partial charge in [0.05, 0.1) is 11.4 Å². The second-order valence-corrected chi connectivity index (χ2v) is 5.23. The molecule has 0 spiro atoms. The van der Waals surface area contributed by atoms with Crippen LogP contribution in [0.1, 0.15) is 30.1 Å². The molecule has 1 N–H and O–H groups in total. The van der Waals surface area contributed by atoms with Crippen molar-refractivity contribution in [3.8, 4) is 11.3 Å². The normalized spacial score (nSPS) is 19.6. The zero-order valence-electron chi connectivity index (χ0n) is 11.6. The predicted molar refractivity (Wildman–Crippen MR) is 76.0 cm³/mol. The van der Waals surface area contributed by atoms with Gasteiger partial charge in [-0.05, 0) is 38.4 Å². The molecule has 2 aromatic heterocycles. The first-order chi connectivity index (χ1) is 9.27. The minimum atomic E-state index is 0.505. The highest BCUT2D eigenvalue weighted by Gasteiger charge is 2.24. The SMILES string of the molecule is Cc1c(-c2ccccn2)c(C2CCCNC2)nn1C. The van der Waals surface area contributed by atoms with Crippen LogP contribution in [-0.2, 0) is 7.05 Å². The fourth-order valence-electron chi connectivity index (χ4n) is 2.83. The average Bonchev–Trinajstić information content (AvgIpc) is 2.77. The number of aryl methyl sites for hydroxylation is 1. The van der Waals surface area contributed by atoms with Crippen molar-refractivity contribution in [2.75, 3.05) is 13.1 Å². The molecule has 19 heavy (non-hydrogen) atoms. The molecule has 0 aliphatic carbocycles. The zero-order valence-corrected chi connectivity index (χ0v) is 11.6. The minimum Gasteiger partial charge on any atom is -0.316 e. The number of piperidine rings is 1. The van der Waals surface area contributed by atoms with Crippen molar-refractivity contribution in [3.05, 3.63) is 35.8 Å². The Balaban J connectivity index is 2.07. The van der Waals surface area contributed by atoms with E-state index in [0.717, 1.165) is 18.8 Å². The van der Waals surface area contributed by atoms with Crippen LogP contribution < -0.4 is 5.32 Å². The number of aromatic nitrogens is 3. The molecule has 100 valence electrons. The average molecular weight is 256 g/mol. The number of rotatable bonds is 2. The molecule has 1 fully saturated rings. The van der Waals surface area contributed by atoms with E-state index in [2.05, 4.69) is 23.3 Å². The van der Waals surface area contributed by atoms with Gasteiger partial charge in [0.25, 0.3) is 0 Å². The molecule has 1 aliphatic heterocycles. The van der Waals surface area contributed by atoms with Gasteiger partial charge < -0.3 is 5.32 Å². The number of pyridine rings is 1. The highest BCUT2D eigenvalue weighted by atomic mass is 15.3. The molecule has 0 amide bonds. The monoisotopic (exact) mass is 256 g/mol. The summed E-state index contributed by atoms with van der Waals surface area (Å²) in [7, 11) is 2.02. The summed E-state index contributed by atoms with van der Waals surface area (Å²) < 4.78 is 1.98. The molecule has 2 aromatic rings. The summed E-state index contributed by atoms with van der Waals surface area (Å²) in [6.07, 6.45) is 4.29. The van der Waals surface area contributed by atoms with E-state index in [4.69, 9.17) is 5.10 Å². The van der Waals surface area contributed by atoms with Crippen LogP contribution in [0.15, 0.2) is 24.4 Å². The van der Waals surface area contributed by atoms with Crippen LogP contribution in [-0.4, -0.2) is 27.9 Å². The van der Waals surface area contributed by atoms with E-state index in [9.17, 15) is 0 Å². The van der Waals surface area contributed by atoms with Crippen molar-refractivity contribution in [3.63, 3.8) is 0 Å². The second-order valence-electron chi connectivity index (χ2n) is 5.23. The van der Waals surface area contributed by atoms with E-state index in [1.165, 1.54) is 29.8 Å². The molecule has 3 rings (SSSR count). The van der Waals surface area contributed by atoms with E-state index in [-0.39, 0.29) is 0 Å². The Morgan fingerprint density at radius 2 is 2.26 bits per heavy atom. The summed E-state index contributed by atoms with van der Waals surface area (Å²) in [4.78, 5) is 4.50. The summed E-state index contributed by atoms with van der Waals surface area (Å²) in [5.74, 6) is 0.505. The Labute approximate surface area is 113 Å². The summed E-state index contributed by atoms with van der Waals surface area (Å²) in [5, 5.41) is 8.22. The number of hydrogen-bond acceptors (Lipinski definition) is 3. The molecular weight excluding hydrogens is 236 g/mol. The topological polar surface area (TPSA) is 42.7 Å². The maximum Gasteiger partial charge on any atom is 0.0764 e. The van der Waals surface area contributed by atoms with Crippen LogP contribution in [0.3, 0.4) is 0 Å². The number of hydrogen-bond donors (Lipinski definition) is 1. The molecule has 0 aromatic carbocycles. The molecular formula is C15H20N4. The third kappa shape index (κ3) is 2.28. The van der Waals surface area contributed by atoms with Crippen LogP contribution in [0, 0.1) is 6.92 Å². The summed E-state index contributed by atoms with van der Waals surface area (Å²) in [5.41, 5.74) is 4.65. The first-order valence-corrected chi connectivity index (χ1v) is 6.93. The Kier molecular flexibility index (Phi) is 3.34. The lowest BCUT2D eigenvalue weighted by molar-refractivity contribution is 0.452. The molecule has 0 saturated carbocycles. The van der Waals surface area contributed by atoms with Crippen LogP contribution in [0.5, 0.6) is 0 Å². The summed E-state index contributed by atoms with van der Waals surface area (Å²) >= 11 is 0. The smallest absolute Gasteiger partial charge is 0.0764 e. The lowest BCUT2D eigenvalue weighted by Crippen LogP contribution is -2.28. The molecule has 4 nitrogen and oxygen atoms in total. The van der Waals surface area contributed by atoms with Gasteiger partial charge in [-0.1, -0.05) is 6.07 Å². The fraction of sp³-hybridized carbons (Fsp3) is 0.467. The van der Waals surface area contributed by atoms with Crippen LogP contribution >= 0.6 is 0 Å². The van der Waals surface area contributed by atoms with Crippen LogP contribution in [0.25, 0.3) is 11.3 Å². The summed E-state index contributed by atoms with van der Waals surface area (Å²) in [6, 6.07) is 6.07. The molecule has 1 saturated heterocycles. The highest BCUT2D eigenvalue weighted by molar-refractivity contribution is 5.65. The van der Waals surface area contributed by atoms with Gasteiger partial charge in [-0.3, -0.25) is 9.67 Å². The first-order valence-electron chi connectivity index (χ1n) is 6.93. The van der Waals surface area contributed by atoms with E-state index in [0.29, 0.717) is 5.92 Å². The third-order valence-corrected chi connectivity index (χ3v) is 3.97. The van der Waals surface area contributed by atoms with E-state index in [1.807, 2.05) is 30.1 Å². The maximum atomic E-state index is 4.75. The first kappa shape index (κ1) is 12.4. The van der Waals surface area contributed by atoms with Crippen molar-refractivity contribution in [1.29, 1.82) is 0 Å². The van der Waals surface area contributed by atoms with Gasteiger partial charge >= 0.3 is 0 Å². The van der Waals surface area contributed by atoms with Crippen molar-refractivity contribution in [1.82, 2.24) is 20.1 Å². The van der Waals surface area contributed by atoms with Gasteiger partial charge in [-0.15, -0.1) is 0 Å². The largest absolute Gasteiger partial charge is 0.316 e. The van der Waals surface area contributed by atoms with Gasteiger partial charge in [0.15, 0.2) is 0 Å². The van der Waals surface area contributed by atoms with Gasteiger partial charge in [-0.2, -0.15) is 5.10 Å². The van der Waals surface area contributed by atoms with E-state index >= 15 is 0 Å². The third-order valence-electron chi connectivity index (χ3n) is 3.97. The van der Waals surface area contributed by atoms with Crippen molar-refractivity contribution < 1.29 is 0 Å². The van der Waals surface area contributed by atoms with E-state index in [1.54, 1.807) is 0 Å². The zero-order chi connectivity index (χ0) is 13.2. The molecule has 0 bridgehead atoms. The number of nitrogens with one attached hydrogen (secondary N) is 1. The molecule has 0 radical (unpaired) electrons. The van der Waals surface area contributed by atoms with Crippen LogP contribution in [0.2, 0.25) is 0 Å². The quantitative estimate of drug-likeness (QED) is 0.896. The molecule has 4 heteroatoms. The molecule has 1 unspecified atom stereocenters. The standard InChI is InChI=1S/C15H20N4/c1-11-14(13-7-3-4-9-17-13)15(18-19(11)2)12-6-5-8-16-10-12/h3-4,7,9,12,16H,5-6,8,10H2,1-2H3. The Morgan fingerprint density at radius 1 is 1.37 bits per heavy atom. The highest BCUT2D eigenvalue weighted by Crippen LogP contribution is 2.33. The maximum absolute atomic E-state index is 4.75. The molecule has 3 heterocycles. The Morgan fingerprint density at radius 3 is 2.95 bits per heavy atom. The predicted octanol–water partition coefficient (Wildman–Crippen LogP) is 2.26. The minimum absolute atomic E-state index is 0.505. The number of nitrogens with zero attached hydrogens (tertiary/aromatic N) is 3. The Hall–Kier alpha value is -1.68.